The first-order valence-electron chi connectivity index (χ1n) is 2.92. The molecule has 10 heavy (non-hydrogen) atoms. The Bertz CT molecular complexity index is 103. The van der Waals surface area contributed by atoms with E-state index in [2.05, 4.69) is 19.7 Å². The number of carbonyl (C=O) groups is 1. The van der Waals surface area contributed by atoms with Crippen LogP contribution in [-0.2, 0) is 8.91 Å². The van der Waals surface area contributed by atoms with Gasteiger partial charge in [-0.25, -0.2) is 4.79 Å². The third-order valence-corrected chi connectivity index (χ3v) is 4.42. The van der Waals surface area contributed by atoms with Gasteiger partial charge in [-0.2, -0.15) is 0 Å². The molecule has 3 nitrogen and oxygen atoms in total. The van der Waals surface area contributed by atoms with Crippen LogP contribution in [0.4, 0.5) is 0 Å². The predicted octanol–water partition coefficient (Wildman–Crippen LogP) is -0.476. The minimum absolute atomic E-state index is 0.588. The van der Waals surface area contributed by atoms with E-state index in [0.717, 1.165) is 16.6 Å². The molecule has 0 rings (SSSR count). The average molecular weight is 178 g/mol. The van der Waals surface area contributed by atoms with E-state index in [1.54, 1.807) is 0 Å². The molecule has 0 unspecified atom stereocenters. The maximum atomic E-state index is 9.25. The van der Waals surface area contributed by atoms with Gasteiger partial charge in [0.05, 0.1) is 0 Å². The number of aliphatic carboxylic acids is 1. The predicted molar refractivity (Wildman–Crippen MR) is 47.7 cm³/mol. The molecule has 0 aromatic heterocycles. The fraction of sp³-hybridized carbons (Fsp3) is 0.400. The largest absolute Gasteiger partial charge is 0.478 e. The van der Waals surface area contributed by atoms with Crippen molar-refractivity contribution in [1.82, 2.24) is 0 Å². The lowest BCUT2D eigenvalue weighted by molar-refractivity contribution is -0.131. The van der Waals surface area contributed by atoms with E-state index >= 15 is 0 Å². The second-order valence-corrected chi connectivity index (χ2v) is 5.81. The van der Waals surface area contributed by atoms with Crippen molar-refractivity contribution >= 4 is 25.5 Å². The lowest BCUT2D eigenvalue weighted by Crippen LogP contribution is -2.02. The van der Waals surface area contributed by atoms with E-state index in [1.807, 2.05) is 0 Å². The molecule has 0 atom stereocenters. The molecule has 60 valence electrons. The van der Waals surface area contributed by atoms with Crippen LogP contribution in [0.2, 0.25) is 13.1 Å². The summed E-state index contributed by atoms with van der Waals surface area (Å²) < 4.78 is 5.03. The van der Waals surface area contributed by atoms with Crippen molar-refractivity contribution in [3.05, 3.63) is 12.7 Å². The SMILES string of the molecule is C=CC(=O)O.C[SiH](C)O[SiH3]. The van der Waals surface area contributed by atoms with Gasteiger partial charge in [0.15, 0.2) is 9.04 Å². The molecule has 0 fully saturated rings. The third kappa shape index (κ3) is 25.5. The van der Waals surface area contributed by atoms with Gasteiger partial charge in [-0.05, 0) is 13.1 Å². The first-order valence-corrected chi connectivity index (χ1v) is 6.52. The lowest BCUT2D eigenvalue weighted by Gasteiger charge is -1.93. The Morgan fingerprint density at radius 1 is 1.80 bits per heavy atom. The summed E-state index contributed by atoms with van der Waals surface area (Å²) in [7, 11) is 0.347. The highest BCUT2D eigenvalue weighted by atomic mass is 28.3. The van der Waals surface area contributed by atoms with Gasteiger partial charge in [0.1, 0.15) is 10.5 Å². The summed E-state index contributed by atoms with van der Waals surface area (Å²) in [6, 6.07) is 0. The Balaban J connectivity index is 0. The number of hydrogen-bond acceptors (Lipinski definition) is 2. The fourth-order valence-electron chi connectivity index (χ4n) is 0. The standard InChI is InChI=1S/C3H4O2.C2H10OSi2/c1-2-3(4)5;1-5(2)3-4/h2H,1H2,(H,4,5);5H,1-2,4H3. The van der Waals surface area contributed by atoms with Crippen LogP contribution in [0.15, 0.2) is 12.7 Å². The minimum atomic E-state index is -0.981. The molecule has 0 saturated heterocycles. The first kappa shape index (κ1) is 12.3. The van der Waals surface area contributed by atoms with E-state index in [4.69, 9.17) is 9.22 Å². The van der Waals surface area contributed by atoms with E-state index in [1.165, 1.54) is 0 Å². The first-order chi connectivity index (χ1) is 4.54. The maximum Gasteiger partial charge on any atom is 0.327 e. The van der Waals surface area contributed by atoms with Gasteiger partial charge in [-0.1, -0.05) is 6.58 Å². The summed E-state index contributed by atoms with van der Waals surface area (Å²) in [4.78, 5) is 9.25. The average Bonchev–Trinajstić information content (AvgIpc) is 1.89. The van der Waals surface area contributed by atoms with Crippen molar-refractivity contribution in [2.75, 3.05) is 0 Å². The molecule has 0 aromatic carbocycles. The Morgan fingerprint density at radius 3 is 2.00 bits per heavy atom. The molecule has 0 aliphatic carbocycles. The lowest BCUT2D eigenvalue weighted by atomic mass is 10.7. The van der Waals surface area contributed by atoms with Gasteiger partial charge in [0.25, 0.3) is 0 Å². The topological polar surface area (TPSA) is 46.5 Å². The molecule has 0 aliphatic rings. The fourth-order valence-corrected chi connectivity index (χ4v) is 0. The molecular weight excluding hydrogens is 164 g/mol. The Hall–Kier alpha value is -0.396. The van der Waals surface area contributed by atoms with Gasteiger partial charge < -0.3 is 9.22 Å². The summed E-state index contributed by atoms with van der Waals surface area (Å²) in [6.07, 6.45) is 0.833. The molecule has 0 aromatic rings. The second kappa shape index (κ2) is 8.60. The quantitative estimate of drug-likeness (QED) is 0.459. The maximum absolute atomic E-state index is 9.25. The van der Waals surface area contributed by atoms with Crippen LogP contribution in [0.1, 0.15) is 0 Å². The zero-order valence-corrected chi connectivity index (χ0v) is 9.78. The molecule has 0 bridgehead atoms. The Kier molecular flexibility index (Phi) is 10.6. The number of rotatable bonds is 2. The van der Waals surface area contributed by atoms with Crippen LogP contribution in [-0.4, -0.2) is 30.6 Å². The normalized spacial score (nSPS) is 8.30. The highest BCUT2D eigenvalue weighted by Crippen LogP contribution is 1.72. The smallest absolute Gasteiger partial charge is 0.327 e. The van der Waals surface area contributed by atoms with Gasteiger partial charge in [-0.15, -0.1) is 0 Å². The number of carboxylic acid groups (broad SMARTS) is 1. The molecule has 0 aliphatic heterocycles. The third-order valence-electron chi connectivity index (χ3n) is 0.646. The minimum Gasteiger partial charge on any atom is -0.478 e. The molecule has 5 heteroatoms. The Labute approximate surface area is 66.0 Å². The van der Waals surface area contributed by atoms with Crippen LogP contribution in [0.3, 0.4) is 0 Å². The van der Waals surface area contributed by atoms with E-state index in [-0.39, 0.29) is 0 Å². The zero-order valence-electron chi connectivity index (χ0n) is 6.63. The van der Waals surface area contributed by atoms with Crippen LogP contribution in [0, 0.1) is 0 Å². The van der Waals surface area contributed by atoms with Gasteiger partial charge >= 0.3 is 5.97 Å². The van der Waals surface area contributed by atoms with Gasteiger partial charge in [-0.3, -0.25) is 0 Å². The Morgan fingerprint density at radius 2 is 2.00 bits per heavy atom. The van der Waals surface area contributed by atoms with Gasteiger partial charge in [0.2, 0.25) is 0 Å². The second-order valence-electron chi connectivity index (χ2n) is 1.83. The van der Waals surface area contributed by atoms with Crippen molar-refractivity contribution in [2.24, 2.45) is 0 Å². The molecule has 0 spiro atoms. The van der Waals surface area contributed by atoms with Crippen molar-refractivity contribution in [1.29, 1.82) is 0 Å². The van der Waals surface area contributed by atoms with Crippen molar-refractivity contribution < 1.29 is 14.0 Å². The summed E-state index contributed by atoms with van der Waals surface area (Å²) in [5.74, 6) is -0.981. The zero-order chi connectivity index (χ0) is 8.57. The highest BCUT2D eigenvalue weighted by molar-refractivity contribution is 6.52. The summed E-state index contributed by atoms with van der Waals surface area (Å²) >= 11 is 0. The van der Waals surface area contributed by atoms with E-state index in [9.17, 15) is 4.79 Å². The number of carboxylic acids is 1. The molecule has 0 radical (unpaired) electrons. The van der Waals surface area contributed by atoms with Crippen molar-refractivity contribution in [2.45, 2.75) is 13.1 Å². The van der Waals surface area contributed by atoms with Crippen LogP contribution < -0.4 is 0 Å². The van der Waals surface area contributed by atoms with Crippen LogP contribution in [0.5, 0.6) is 0 Å². The number of hydrogen-bond donors (Lipinski definition) is 1. The van der Waals surface area contributed by atoms with Crippen LogP contribution in [0.25, 0.3) is 0 Å². The monoisotopic (exact) mass is 178 g/mol. The van der Waals surface area contributed by atoms with Crippen LogP contribution >= 0.6 is 0 Å². The van der Waals surface area contributed by atoms with Crippen molar-refractivity contribution in [3.63, 3.8) is 0 Å². The van der Waals surface area contributed by atoms with Gasteiger partial charge in [0, 0.05) is 6.08 Å². The summed E-state index contributed by atoms with van der Waals surface area (Å²) in [5, 5.41) is 7.60. The molecule has 0 amide bonds. The molecule has 1 N–H and O–H groups in total. The van der Waals surface area contributed by atoms with E-state index < -0.39 is 15.0 Å². The highest BCUT2D eigenvalue weighted by Gasteiger charge is 1.82. The molecular formula is C5H14O3Si2. The molecule has 0 heterocycles. The summed E-state index contributed by atoms with van der Waals surface area (Å²) in [5.41, 5.74) is 0. The summed E-state index contributed by atoms with van der Waals surface area (Å²) in [6.45, 7) is 7.31. The van der Waals surface area contributed by atoms with E-state index in [0.29, 0.717) is 0 Å². The molecule has 0 saturated carbocycles. The van der Waals surface area contributed by atoms with Crippen molar-refractivity contribution in [3.8, 4) is 0 Å².